The summed E-state index contributed by atoms with van der Waals surface area (Å²) >= 11 is 0. The van der Waals surface area contributed by atoms with E-state index in [1.54, 1.807) is 0 Å². The Bertz CT molecular complexity index is 746. The minimum absolute atomic E-state index is 0.221. The van der Waals surface area contributed by atoms with E-state index in [9.17, 15) is 4.79 Å². The number of rotatable bonds is 3. The van der Waals surface area contributed by atoms with Gasteiger partial charge in [-0.1, -0.05) is 30.3 Å². The lowest BCUT2D eigenvalue weighted by Gasteiger charge is -2.41. The Morgan fingerprint density at radius 2 is 1.88 bits per heavy atom. The van der Waals surface area contributed by atoms with Gasteiger partial charge in [0.2, 0.25) is 5.91 Å². The topological polar surface area (TPSA) is 41.4 Å². The molecule has 2 aromatic rings. The van der Waals surface area contributed by atoms with E-state index >= 15 is 0 Å². The molecule has 2 saturated heterocycles. The van der Waals surface area contributed by atoms with Gasteiger partial charge in [0.1, 0.15) is 0 Å². The van der Waals surface area contributed by atoms with Crippen LogP contribution < -0.4 is 0 Å². The molecular weight excluding hydrogens is 312 g/mol. The molecule has 0 bridgehead atoms. The fourth-order valence-corrected chi connectivity index (χ4v) is 4.65. The van der Waals surface area contributed by atoms with Gasteiger partial charge in [-0.3, -0.25) is 14.4 Å². The third-order valence-corrected chi connectivity index (χ3v) is 6.01. The van der Waals surface area contributed by atoms with Crippen LogP contribution in [0.15, 0.2) is 42.7 Å². The van der Waals surface area contributed by atoms with Crippen molar-refractivity contribution in [3.63, 3.8) is 0 Å². The molecule has 1 aromatic carbocycles. The summed E-state index contributed by atoms with van der Waals surface area (Å²) in [5.41, 5.74) is 2.33. The van der Waals surface area contributed by atoms with E-state index in [2.05, 4.69) is 40.5 Å². The maximum Gasteiger partial charge on any atom is 0.229 e. The standard InChI is InChI=1S/C20H26N4O/c1-22-15-18(17-6-4-3-5-7-17)20(19(22)25)8-10-24(11-9-20)14-16-12-21-23(2)13-16/h3-7,12-13,18H,8-11,14-15H2,1-2H3. The van der Waals surface area contributed by atoms with Crippen molar-refractivity contribution in [1.82, 2.24) is 19.6 Å². The van der Waals surface area contributed by atoms with E-state index in [1.165, 1.54) is 11.1 Å². The van der Waals surface area contributed by atoms with Crippen LogP contribution in [0.2, 0.25) is 0 Å². The third kappa shape index (κ3) is 2.86. The van der Waals surface area contributed by atoms with Crippen LogP contribution in [-0.4, -0.2) is 52.2 Å². The van der Waals surface area contributed by atoms with Gasteiger partial charge in [0.25, 0.3) is 0 Å². The zero-order valence-electron chi connectivity index (χ0n) is 15.1. The minimum Gasteiger partial charge on any atom is -0.345 e. The normalized spacial score (nSPS) is 23.5. The number of nitrogens with zero attached hydrogens (tertiary/aromatic N) is 4. The predicted molar refractivity (Wildman–Crippen MR) is 97.0 cm³/mol. The smallest absolute Gasteiger partial charge is 0.229 e. The second kappa shape index (κ2) is 6.30. The minimum atomic E-state index is -0.221. The summed E-state index contributed by atoms with van der Waals surface area (Å²) in [4.78, 5) is 17.4. The van der Waals surface area contributed by atoms with Crippen molar-refractivity contribution in [3.05, 3.63) is 53.9 Å². The number of aromatic nitrogens is 2. The zero-order valence-corrected chi connectivity index (χ0v) is 15.1. The molecule has 0 radical (unpaired) electrons. The van der Waals surface area contributed by atoms with Gasteiger partial charge in [-0.25, -0.2) is 0 Å². The number of likely N-dealkylation sites (tertiary alicyclic amines) is 2. The first kappa shape index (κ1) is 16.3. The number of likely N-dealkylation sites (N-methyl/N-ethyl adjacent to an activating group) is 1. The second-order valence-electron chi connectivity index (χ2n) is 7.60. The average molecular weight is 338 g/mol. The Kier molecular flexibility index (Phi) is 4.12. The summed E-state index contributed by atoms with van der Waals surface area (Å²) in [6.45, 7) is 3.70. The van der Waals surface area contributed by atoms with E-state index in [0.717, 1.165) is 39.0 Å². The molecule has 5 heteroatoms. The fraction of sp³-hybridized carbons (Fsp3) is 0.500. The van der Waals surface area contributed by atoms with E-state index < -0.39 is 0 Å². The van der Waals surface area contributed by atoms with Gasteiger partial charge >= 0.3 is 0 Å². The van der Waals surface area contributed by atoms with Crippen molar-refractivity contribution in [2.45, 2.75) is 25.3 Å². The average Bonchev–Trinajstić information content (AvgIpc) is 3.14. The van der Waals surface area contributed by atoms with Crippen LogP contribution in [0, 0.1) is 5.41 Å². The highest BCUT2D eigenvalue weighted by molar-refractivity contribution is 5.86. The Morgan fingerprint density at radius 1 is 1.16 bits per heavy atom. The zero-order chi connectivity index (χ0) is 17.4. The van der Waals surface area contributed by atoms with Crippen LogP contribution in [0.3, 0.4) is 0 Å². The van der Waals surface area contributed by atoms with Crippen molar-refractivity contribution in [1.29, 1.82) is 0 Å². The number of benzene rings is 1. The Labute approximate surface area is 149 Å². The highest BCUT2D eigenvalue weighted by Crippen LogP contribution is 2.50. The predicted octanol–water partition coefficient (Wildman–Crippen LogP) is 2.26. The van der Waals surface area contributed by atoms with E-state index in [1.807, 2.05) is 35.9 Å². The van der Waals surface area contributed by atoms with Crippen LogP contribution >= 0.6 is 0 Å². The lowest BCUT2D eigenvalue weighted by Crippen LogP contribution is -2.45. The van der Waals surface area contributed by atoms with Crippen LogP contribution in [0.25, 0.3) is 0 Å². The van der Waals surface area contributed by atoms with Gasteiger partial charge in [0, 0.05) is 44.9 Å². The molecule has 1 aromatic heterocycles. The number of carbonyl (C=O) groups is 1. The molecule has 1 amide bonds. The molecule has 0 N–H and O–H groups in total. The number of aryl methyl sites for hydroxylation is 1. The van der Waals surface area contributed by atoms with Crippen LogP contribution in [0.5, 0.6) is 0 Å². The first-order valence-electron chi connectivity index (χ1n) is 9.09. The Balaban J connectivity index is 1.51. The quantitative estimate of drug-likeness (QED) is 0.862. The molecule has 0 saturated carbocycles. The molecule has 3 heterocycles. The fourth-order valence-electron chi connectivity index (χ4n) is 4.65. The maximum atomic E-state index is 13.0. The number of amides is 1. The molecule has 5 nitrogen and oxygen atoms in total. The van der Waals surface area contributed by atoms with E-state index in [-0.39, 0.29) is 5.41 Å². The van der Waals surface area contributed by atoms with E-state index in [0.29, 0.717) is 11.8 Å². The molecule has 0 aliphatic carbocycles. The van der Waals surface area contributed by atoms with Crippen LogP contribution in [-0.2, 0) is 18.4 Å². The monoisotopic (exact) mass is 338 g/mol. The molecule has 2 aliphatic rings. The Hall–Kier alpha value is -2.14. The molecule has 4 rings (SSSR count). The highest BCUT2D eigenvalue weighted by Gasteiger charge is 2.54. The molecule has 25 heavy (non-hydrogen) atoms. The summed E-state index contributed by atoms with van der Waals surface area (Å²) in [6.07, 6.45) is 5.89. The van der Waals surface area contributed by atoms with Crippen molar-refractivity contribution in [2.75, 3.05) is 26.7 Å². The van der Waals surface area contributed by atoms with Gasteiger partial charge in [-0.15, -0.1) is 0 Å². The molecule has 1 unspecified atom stereocenters. The summed E-state index contributed by atoms with van der Waals surface area (Å²) in [6, 6.07) is 10.6. The molecule has 1 spiro atoms. The number of hydrogen-bond donors (Lipinski definition) is 0. The van der Waals surface area contributed by atoms with Crippen molar-refractivity contribution < 1.29 is 4.79 Å². The summed E-state index contributed by atoms with van der Waals surface area (Å²) in [5.74, 6) is 0.647. The molecule has 2 fully saturated rings. The van der Waals surface area contributed by atoms with Crippen molar-refractivity contribution in [2.24, 2.45) is 12.5 Å². The summed E-state index contributed by atoms with van der Waals surface area (Å²) < 4.78 is 1.85. The van der Waals surface area contributed by atoms with Gasteiger partial charge in [0.15, 0.2) is 0 Å². The second-order valence-corrected chi connectivity index (χ2v) is 7.60. The third-order valence-electron chi connectivity index (χ3n) is 6.01. The molecule has 132 valence electrons. The molecule has 2 aliphatic heterocycles. The van der Waals surface area contributed by atoms with Crippen LogP contribution in [0.1, 0.15) is 29.9 Å². The van der Waals surface area contributed by atoms with Crippen LogP contribution in [0.4, 0.5) is 0 Å². The first-order chi connectivity index (χ1) is 12.1. The van der Waals surface area contributed by atoms with Gasteiger partial charge in [0.05, 0.1) is 11.6 Å². The van der Waals surface area contributed by atoms with Crippen molar-refractivity contribution >= 4 is 5.91 Å². The van der Waals surface area contributed by atoms with E-state index in [4.69, 9.17) is 0 Å². The Morgan fingerprint density at radius 3 is 2.52 bits per heavy atom. The van der Waals surface area contributed by atoms with Gasteiger partial charge in [-0.05, 0) is 31.5 Å². The summed E-state index contributed by atoms with van der Waals surface area (Å²) in [7, 11) is 3.90. The first-order valence-corrected chi connectivity index (χ1v) is 9.09. The largest absolute Gasteiger partial charge is 0.345 e. The number of piperidine rings is 1. The highest BCUT2D eigenvalue weighted by atomic mass is 16.2. The maximum absolute atomic E-state index is 13.0. The lowest BCUT2D eigenvalue weighted by atomic mass is 9.68. The van der Waals surface area contributed by atoms with Gasteiger partial charge < -0.3 is 4.90 Å². The molecular formula is C20H26N4O. The molecule has 1 atom stereocenters. The summed E-state index contributed by atoms with van der Waals surface area (Å²) in [5, 5.41) is 4.26. The SMILES string of the molecule is CN1CC(c2ccccc2)C2(CCN(Cc3cnn(C)c3)CC2)C1=O. The number of carbonyl (C=O) groups excluding carboxylic acids is 1. The van der Waals surface area contributed by atoms with Gasteiger partial charge in [-0.2, -0.15) is 5.10 Å². The van der Waals surface area contributed by atoms with Crippen molar-refractivity contribution in [3.8, 4) is 0 Å². The lowest BCUT2D eigenvalue weighted by molar-refractivity contribution is -0.137. The number of hydrogen-bond acceptors (Lipinski definition) is 3.